The first-order valence-corrected chi connectivity index (χ1v) is 6.56. The highest BCUT2D eigenvalue weighted by molar-refractivity contribution is 8.00. The van der Waals surface area contributed by atoms with Crippen LogP contribution < -0.4 is 10.6 Å². The summed E-state index contributed by atoms with van der Waals surface area (Å²) in [6, 6.07) is 0.745. The van der Waals surface area contributed by atoms with Crippen molar-refractivity contribution in [3.8, 4) is 0 Å². The molecule has 0 aromatic carbocycles. The minimum Gasteiger partial charge on any atom is -0.315 e. The Kier molecular flexibility index (Phi) is 3.94. The van der Waals surface area contributed by atoms with Gasteiger partial charge in [0.2, 0.25) is 0 Å². The van der Waals surface area contributed by atoms with Crippen LogP contribution in [0.25, 0.3) is 0 Å². The molecule has 2 nitrogen and oxygen atoms in total. The van der Waals surface area contributed by atoms with Gasteiger partial charge in [-0.1, -0.05) is 0 Å². The lowest BCUT2D eigenvalue weighted by atomic mass is 10.1. The van der Waals surface area contributed by atoms with E-state index in [9.17, 15) is 0 Å². The average Bonchev–Trinajstić information content (AvgIpc) is 2.69. The van der Waals surface area contributed by atoms with Crippen molar-refractivity contribution in [1.29, 1.82) is 0 Å². The van der Waals surface area contributed by atoms with Gasteiger partial charge in [0.1, 0.15) is 0 Å². The summed E-state index contributed by atoms with van der Waals surface area (Å²) < 4.78 is 0. The third-order valence-corrected chi connectivity index (χ3v) is 4.35. The molecule has 2 heterocycles. The van der Waals surface area contributed by atoms with Crippen LogP contribution in [0, 0.1) is 0 Å². The number of thioether (sulfide) groups is 1. The molecular formula is C10H20N2S. The van der Waals surface area contributed by atoms with Crippen LogP contribution in [-0.4, -0.2) is 36.7 Å². The molecule has 0 spiro atoms. The standard InChI is InChI=1S/C10H20N2S/c1-3-9(7-11-5-1)12-8-10-4-2-6-13-10/h9-12H,1-8H2. The van der Waals surface area contributed by atoms with E-state index in [1.165, 1.54) is 51.1 Å². The van der Waals surface area contributed by atoms with Crippen molar-refractivity contribution < 1.29 is 0 Å². The monoisotopic (exact) mass is 200 g/mol. The second-order valence-corrected chi connectivity index (χ2v) is 5.49. The minimum absolute atomic E-state index is 0.745. The first-order chi connectivity index (χ1) is 6.45. The van der Waals surface area contributed by atoms with Gasteiger partial charge in [-0.3, -0.25) is 0 Å². The summed E-state index contributed by atoms with van der Waals surface area (Å²) in [4.78, 5) is 0. The first-order valence-electron chi connectivity index (χ1n) is 5.51. The molecule has 0 radical (unpaired) electrons. The van der Waals surface area contributed by atoms with E-state index in [-0.39, 0.29) is 0 Å². The maximum atomic E-state index is 3.68. The molecule has 3 heteroatoms. The molecular weight excluding hydrogens is 180 g/mol. The Hall–Kier alpha value is 0.270. The number of hydrogen-bond donors (Lipinski definition) is 2. The van der Waals surface area contributed by atoms with Crippen molar-refractivity contribution in [1.82, 2.24) is 10.6 Å². The van der Waals surface area contributed by atoms with E-state index in [2.05, 4.69) is 22.4 Å². The number of piperidine rings is 1. The molecule has 2 aliphatic heterocycles. The second kappa shape index (κ2) is 5.23. The molecule has 0 saturated carbocycles. The molecule has 2 atom stereocenters. The minimum atomic E-state index is 0.745. The third kappa shape index (κ3) is 3.15. The molecule has 2 saturated heterocycles. The topological polar surface area (TPSA) is 24.1 Å². The molecule has 0 amide bonds. The van der Waals surface area contributed by atoms with Gasteiger partial charge in [-0.15, -0.1) is 0 Å². The summed E-state index contributed by atoms with van der Waals surface area (Å²) in [6.45, 7) is 3.63. The molecule has 0 aliphatic carbocycles. The van der Waals surface area contributed by atoms with E-state index in [4.69, 9.17) is 0 Å². The Morgan fingerprint density at radius 2 is 2.31 bits per heavy atom. The van der Waals surface area contributed by atoms with Crippen molar-refractivity contribution in [2.45, 2.75) is 37.0 Å². The normalized spacial score (nSPS) is 35.1. The van der Waals surface area contributed by atoms with Gasteiger partial charge in [0.25, 0.3) is 0 Å². The summed E-state index contributed by atoms with van der Waals surface area (Å²) in [5.74, 6) is 1.38. The van der Waals surface area contributed by atoms with Crippen LogP contribution in [-0.2, 0) is 0 Å². The molecule has 2 N–H and O–H groups in total. The van der Waals surface area contributed by atoms with Crippen molar-refractivity contribution in [3.63, 3.8) is 0 Å². The molecule has 2 aliphatic rings. The summed E-state index contributed by atoms with van der Waals surface area (Å²) in [6.07, 6.45) is 5.57. The molecule has 13 heavy (non-hydrogen) atoms. The van der Waals surface area contributed by atoms with E-state index < -0.39 is 0 Å². The van der Waals surface area contributed by atoms with E-state index in [0.717, 1.165) is 11.3 Å². The van der Waals surface area contributed by atoms with Crippen molar-refractivity contribution in [3.05, 3.63) is 0 Å². The van der Waals surface area contributed by atoms with E-state index in [0.29, 0.717) is 0 Å². The predicted molar refractivity (Wildman–Crippen MR) is 59.4 cm³/mol. The summed E-state index contributed by atoms with van der Waals surface area (Å²) in [7, 11) is 0. The third-order valence-electron chi connectivity index (χ3n) is 2.96. The zero-order valence-corrected chi connectivity index (χ0v) is 9.04. The highest BCUT2D eigenvalue weighted by Crippen LogP contribution is 2.25. The zero-order chi connectivity index (χ0) is 8.93. The predicted octanol–water partition coefficient (Wildman–Crippen LogP) is 1.22. The number of hydrogen-bond acceptors (Lipinski definition) is 3. The van der Waals surface area contributed by atoms with Gasteiger partial charge in [0.15, 0.2) is 0 Å². The lowest BCUT2D eigenvalue weighted by Crippen LogP contribution is -2.44. The highest BCUT2D eigenvalue weighted by Gasteiger charge is 2.18. The Morgan fingerprint density at radius 1 is 1.31 bits per heavy atom. The maximum Gasteiger partial charge on any atom is 0.0193 e. The molecule has 0 aromatic heterocycles. The van der Waals surface area contributed by atoms with Crippen LogP contribution in [0.3, 0.4) is 0 Å². The van der Waals surface area contributed by atoms with E-state index >= 15 is 0 Å². The number of rotatable bonds is 3. The molecule has 76 valence electrons. The molecule has 2 rings (SSSR count). The Labute approximate surface area is 85.2 Å². The van der Waals surface area contributed by atoms with Gasteiger partial charge in [-0.25, -0.2) is 0 Å². The van der Waals surface area contributed by atoms with Crippen LogP contribution in [0.1, 0.15) is 25.7 Å². The van der Waals surface area contributed by atoms with Gasteiger partial charge >= 0.3 is 0 Å². The quantitative estimate of drug-likeness (QED) is 0.716. The van der Waals surface area contributed by atoms with Gasteiger partial charge in [0, 0.05) is 24.4 Å². The Balaban J connectivity index is 1.60. The lowest BCUT2D eigenvalue weighted by Gasteiger charge is -2.25. The molecule has 2 fully saturated rings. The number of nitrogens with one attached hydrogen (secondary N) is 2. The van der Waals surface area contributed by atoms with Crippen molar-refractivity contribution in [2.24, 2.45) is 0 Å². The summed E-state index contributed by atoms with van der Waals surface area (Å²) in [5, 5.41) is 8.03. The van der Waals surface area contributed by atoms with E-state index in [1.54, 1.807) is 0 Å². The Morgan fingerprint density at radius 3 is 3.00 bits per heavy atom. The van der Waals surface area contributed by atoms with Gasteiger partial charge in [-0.2, -0.15) is 11.8 Å². The largest absolute Gasteiger partial charge is 0.315 e. The van der Waals surface area contributed by atoms with Crippen molar-refractivity contribution >= 4 is 11.8 Å². The van der Waals surface area contributed by atoms with Gasteiger partial charge in [-0.05, 0) is 38.0 Å². The van der Waals surface area contributed by atoms with E-state index in [1.807, 2.05) is 0 Å². The summed E-state index contributed by atoms with van der Waals surface area (Å²) >= 11 is 2.15. The molecule has 0 aromatic rings. The average molecular weight is 200 g/mol. The Bertz CT molecular complexity index is 140. The maximum absolute atomic E-state index is 3.68. The second-order valence-electron chi connectivity index (χ2n) is 4.09. The van der Waals surface area contributed by atoms with Gasteiger partial charge in [0.05, 0.1) is 0 Å². The van der Waals surface area contributed by atoms with Crippen LogP contribution in [0.2, 0.25) is 0 Å². The molecule has 0 bridgehead atoms. The van der Waals surface area contributed by atoms with Crippen LogP contribution in [0.4, 0.5) is 0 Å². The molecule has 2 unspecified atom stereocenters. The van der Waals surface area contributed by atoms with Crippen LogP contribution >= 0.6 is 11.8 Å². The van der Waals surface area contributed by atoms with Crippen LogP contribution in [0.15, 0.2) is 0 Å². The summed E-state index contributed by atoms with van der Waals surface area (Å²) in [5.41, 5.74) is 0. The van der Waals surface area contributed by atoms with Gasteiger partial charge < -0.3 is 10.6 Å². The zero-order valence-electron chi connectivity index (χ0n) is 8.22. The SMILES string of the molecule is C1CNCC(NCC2CCCS2)C1. The first kappa shape index (κ1) is 9.81. The highest BCUT2D eigenvalue weighted by atomic mass is 32.2. The van der Waals surface area contributed by atoms with Crippen molar-refractivity contribution in [2.75, 3.05) is 25.4 Å². The lowest BCUT2D eigenvalue weighted by molar-refractivity contribution is 0.390. The fourth-order valence-electron chi connectivity index (χ4n) is 2.13. The fraction of sp³-hybridized carbons (Fsp3) is 1.00. The fourth-order valence-corrected chi connectivity index (χ4v) is 3.34. The van der Waals surface area contributed by atoms with Crippen LogP contribution in [0.5, 0.6) is 0 Å². The smallest absolute Gasteiger partial charge is 0.0193 e.